The fraction of sp³-hybridized carbons (Fsp3) is 0.344. The Balaban J connectivity index is 1.51. The third-order valence-corrected chi connectivity index (χ3v) is 6.90. The summed E-state index contributed by atoms with van der Waals surface area (Å²) < 4.78 is 0. The summed E-state index contributed by atoms with van der Waals surface area (Å²) >= 11 is 0. The summed E-state index contributed by atoms with van der Waals surface area (Å²) in [6.07, 6.45) is 0.586. The van der Waals surface area contributed by atoms with Crippen LogP contribution in [0, 0.1) is 0 Å². The molecular formula is C32H39N5O3. The Morgan fingerprint density at radius 3 is 2.33 bits per heavy atom. The summed E-state index contributed by atoms with van der Waals surface area (Å²) in [7, 11) is 0. The Morgan fingerprint density at radius 2 is 1.62 bits per heavy atom. The normalized spacial score (nSPS) is 15.2. The van der Waals surface area contributed by atoms with Gasteiger partial charge >= 0.3 is 6.03 Å². The monoisotopic (exact) mass is 541 g/mol. The predicted molar refractivity (Wildman–Crippen MR) is 157 cm³/mol. The van der Waals surface area contributed by atoms with E-state index in [1.165, 1.54) is 0 Å². The lowest BCUT2D eigenvalue weighted by Gasteiger charge is -2.26. The van der Waals surface area contributed by atoms with Gasteiger partial charge in [0.05, 0.1) is 0 Å². The van der Waals surface area contributed by atoms with Crippen LogP contribution in [0.15, 0.2) is 72.8 Å². The van der Waals surface area contributed by atoms with Crippen LogP contribution in [0.25, 0.3) is 11.1 Å². The van der Waals surface area contributed by atoms with E-state index < -0.39 is 11.6 Å². The SMILES string of the molecule is CCNC(=O)NCc1ccccc1-c1ccc(CN2Cc3ccccc3C[C@@H](NC(=O)CC(C)(C)N)C2=O)cc1. The minimum atomic E-state index is -0.659. The third-order valence-electron chi connectivity index (χ3n) is 6.90. The number of amides is 4. The first kappa shape index (κ1) is 28.8. The third kappa shape index (κ3) is 7.70. The smallest absolute Gasteiger partial charge is 0.315 e. The Morgan fingerprint density at radius 1 is 0.950 bits per heavy atom. The number of urea groups is 1. The van der Waals surface area contributed by atoms with Gasteiger partial charge in [-0.2, -0.15) is 0 Å². The molecule has 0 fully saturated rings. The highest BCUT2D eigenvalue weighted by atomic mass is 16.2. The number of carbonyl (C=O) groups excluding carboxylic acids is 3. The number of fused-ring (bicyclic) bond motifs is 1. The highest BCUT2D eigenvalue weighted by Gasteiger charge is 2.31. The molecule has 0 aromatic heterocycles. The molecule has 3 aromatic carbocycles. The summed E-state index contributed by atoms with van der Waals surface area (Å²) in [4.78, 5) is 40.1. The fourth-order valence-corrected chi connectivity index (χ4v) is 4.99. The molecule has 1 aliphatic heterocycles. The average Bonchev–Trinajstić information content (AvgIpc) is 3.03. The van der Waals surface area contributed by atoms with Gasteiger partial charge in [-0.15, -0.1) is 0 Å². The molecule has 0 saturated heterocycles. The van der Waals surface area contributed by atoms with Crippen LogP contribution >= 0.6 is 0 Å². The predicted octanol–water partition coefficient (Wildman–Crippen LogP) is 3.87. The first-order valence-electron chi connectivity index (χ1n) is 13.8. The molecule has 0 saturated carbocycles. The fourth-order valence-electron chi connectivity index (χ4n) is 4.99. The number of carbonyl (C=O) groups is 3. The molecule has 0 unspecified atom stereocenters. The zero-order valence-electron chi connectivity index (χ0n) is 23.5. The van der Waals surface area contributed by atoms with Crippen LogP contribution in [-0.2, 0) is 35.6 Å². The van der Waals surface area contributed by atoms with Crippen LogP contribution in [0.5, 0.6) is 0 Å². The maximum atomic E-state index is 13.7. The highest BCUT2D eigenvalue weighted by molar-refractivity contribution is 5.88. The van der Waals surface area contributed by atoms with Crippen molar-refractivity contribution >= 4 is 17.8 Å². The molecule has 1 heterocycles. The van der Waals surface area contributed by atoms with Crippen LogP contribution in [0.4, 0.5) is 4.79 Å². The van der Waals surface area contributed by atoms with E-state index in [1.807, 2.05) is 84.6 Å². The molecule has 0 spiro atoms. The number of nitrogens with zero attached hydrogens (tertiary/aromatic N) is 1. The molecule has 0 bridgehead atoms. The molecule has 8 heteroatoms. The minimum Gasteiger partial charge on any atom is -0.344 e. The van der Waals surface area contributed by atoms with Gasteiger partial charge in [0, 0.05) is 44.6 Å². The van der Waals surface area contributed by atoms with Crippen molar-refractivity contribution in [2.24, 2.45) is 5.73 Å². The lowest BCUT2D eigenvalue weighted by Crippen LogP contribution is -2.50. The molecule has 210 valence electrons. The second kappa shape index (κ2) is 12.8. The zero-order valence-corrected chi connectivity index (χ0v) is 23.5. The molecule has 0 aliphatic carbocycles. The maximum absolute atomic E-state index is 13.7. The van der Waals surface area contributed by atoms with E-state index in [1.54, 1.807) is 13.8 Å². The minimum absolute atomic E-state index is 0.106. The largest absolute Gasteiger partial charge is 0.344 e. The van der Waals surface area contributed by atoms with Crippen molar-refractivity contribution in [2.75, 3.05) is 6.54 Å². The van der Waals surface area contributed by atoms with E-state index in [2.05, 4.69) is 16.0 Å². The van der Waals surface area contributed by atoms with E-state index in [9.17, 15) is 14.4 Å². The van der Waals surface area contributed by atoms with Crippen LogP contribution in [0.1, 0.15) is 49.4 Å². The maximum Gasteiger partial charge on any atom is 0.315 e. The Kier molecular flexibility index (Phi) is 9.22. The Labute approximate surface area is 236 Å². The second-order valence-electron chi connectivity index (χ2n) is 11.0. The van der Waals surface area contributed by atoms with Crippen LogP contribution in [0.3, 0.4) is 0 Å². The summed E-state index contributed by atoms with van der Waals surface area (Å²) in [5.74, 6) is -0.333. The van der Waals surface area contributed by atoms with E-state index in [0.29, 0.717) is 32.6 Å². The van der Waals surface area contributed by atoms with E-state index in [0.717, 1.165) is 33.4 Å². The molecule has 4 rings (SSSR count). The van der Waals surface area contributed by atoms with Crippen LogP contribution < -0.4 is 21.7 Å². The van der Waals surface area contributed by atoms with Crippen LogP contribution in [-0.4, -0.2) is 40.9 Å². The number of hydrogen-bond donors (Lipinski definition) is 4. The van der Waals surface area contributed by atoms with Gasteiger partial charge in [0.15, 0.2) is 0 Å². The highest BCUT2D eigenvalue weighted by Crippen LogP contribution is 2.26. The molecular weight excluding hydrogens is 502 g/mol. The number of nitrogens with one attached hydrogen (secondary N) is 3. The molecule has 40 heavy (non-hydrogen) atoms. The van der Waals surface area contributed by atoms with Gasteiger partial charge in [-0.25, -0.2) is 4.79 Å². The van der Waals surface area contributed by atoms with Crippen LogP contribution in [0.2, 0.25) is 0 Å². The van der Waals surface area contributed by atoms with Crippen molar-refractivity contribution in [1.29, 1.82) is 0 Å². The number of nitrogens with two attached hydrogens (primary N) is 1. The van der Waals surface area contributed by atoms with Crippen molar-refractivity contribution in [2.45, 2.75) is 64.8 Å². The standard InChI is InChI=1S/C32H39N5O3/c1-4-34-31(40)35-19-25-10-7-8-12-27(25)23-15-13-22(14-16-23)20-37-21-26-11-6-5-9-24(26)17-28(30(37)39)36-29(38)18-32(2,3)33/h5-16,28H,4,17-21,33H2,1-3H3,(H,36,38)(H2,34,35,40)/t28-/m1/s1. The molecule has 8 nitrogen and oxygen atoms in total. The molecule has 1 atom stereocenters. The number of rotatable bonds is 9. The molecule has 0 radical (unpaired) electrons. The second-order valence-corrected chi connectivity index (χ2v) is 11.0. The van der Waals surface area contributed by atoms with Gasteiger partial charge in [0.1, 0.15) is 6.04 Å². The van der Waals surface area contributed by atoms with Gasteiger partial charge in [-0.1, -0.05) is 72.8 Å². The Hall–Kier alpha value is -4.17. The van der Waals surface area contributed by atoms with Gasteiger partial charge in [-0.05, 0) is 54.2 Å². The zero-order chi connectivity index (χ0) is 28.7. The van der Waals surface area contributed by atoms with Crippen molar-refractivity contribution in [3.8, 4) is 11.1 Å². The van der Waals surface area contributed by atoms with Crippen molar-refractivity contribution in [3.63, 3.8) is 0 Å². The summed E-state index contributed by atoms with van der Waals surface area (Å²) in [5, 5.41) is 8.58. The van der Waals surface area contributed by atoms with Gasteiger partial charge in [0.25, 0.3) is 0 Å². The number of benzene rings is 3. The van der Waals surface area contributed by atoms with Gasteiger partial charge in [-0.3, -0.25) is 9.59 Å². The summed E-state index contributed by atoms with van der Waals surface area (Å²) in [6.45, 7) is 7.35. The average molecular weight is 542 g/mol. The van der Waals surface area contributed by atoms with Crippen molar-refractivity contribution < 1.29 is 14.4 Å². The molecule has 1 aliphatic rings. The van der Waals surface area contributed by atoms with Gasteiger partial charge in [0.2, 0.25) is 11.8 Å². The lowest BCUT2D eigenvalue weighted by atomic mass is 9.98. The first-order chi connectivity index (χ1) is 19.1. The molecule has 4 amide bonds. The molecule has 5 N–H and O–H groups in total. The summed E-state index contributed by atoms with van der Waals surface area (Å²) in [5.41, 5.74) is 11.6. The Bertz CT molecular complexity index is 1350. The lowest BCUT2D eigenvalue weighted by molar-refractivity contribution is -0.137. The van der Waals surface area contributed by atoms with Crippen molar-refractivity contribution in [3.05, 3.63) is 95.1 Å². The first-order valence-corrected chi connectivity index (χ1v) is 13.8. The van der Waals surface area contributed by atoms with E-state index in [4.69, 9.17) is 5.73 Å². The topological polar surface area (TPSA) is 117 Å². The quantitative estimate of drug-likeness (QED) is 0.329. The van der Waals surface area contributed by atoms with Gasteiger partial charge < -0.3 is 26.6 Å². The van der Waals surface area contributed by atoms with Crippen molar-refractivity contribution in [1.82, 2.24) is 20.9 Å². The number of hydrogen-bond acceptors (Lipinski definition) is 4. The van der Waals surface area contributed by atoms with E-state index in [-0.39, 0.29) is 24.3 Å². The summed E-state index contributed by atoms with van der Waals surface area (Å²) in [6, 6.07) is 23.3. The van der Waals surface area contributed by atoms with E-state index >= 15 is 0 Å². The molecule has 3 aromatic rings.